The van der Waals surface area contributed by atoms with Crippen molar-refractivity contribution in [2.75, 3.05) is 13.2 Å². The number of cyclic esters (lactones) is 1. The molecule has 0 spiro atoms. The lowest BCUT2D eigenvalue weighted by Crippen LogP contribution is -2.43. The van der Waals surface area contributed by atoms with Gasteiger partial charge in [-0.15, -0.1) is 0 Å². The van der Waals surface area contributed by atoms with Crippen LogP contribution in [0.1, 0.15) is 38.5 Å². The number of rotatable bonds is 1. The van der Waals surface area contributed by atoms with Crippen LogP contribution in [-0.4, -0.2) is 25.2 Å². The minimum Gasteiger partial charge on any atom is -0.465 e. The predicted molar refractivity (Wildman–Crippen MR) is 53.9 cm³/mol. The van der Waals surface area contributed by atoms with E-state index in [9.17, 15) is 4.79 Å². The van der Waals surface area contributed by atoms with E-state index in [1.165, 1.54) is 12.8 Å². The molecule has 2 saturated heterocycles. The van der Waals surface area contributed by atoms with Gasteiger partial charge in [-0.1, -0.05) is 6.42 Å². The van der Waals surface area contributed by atoms with Gasteiger partial charge < -0.3 is 10.1 Å². The zero-order valence-corrected chi connectivity index (χ0v) is 8.63. The number of esters is 1. The summed E-state index contributed by atoms with van der Waals surface area (Å²) in [6, 6.07) is 0.384. The molecule has 2 atom stereocenters. The van der Waals surface area contributed by atoms with Crippen LogP contribution in [0, 0.1) is 5.92 Å². The van der Waals surface area contributed by atoms with Gasteiger partial charge in [-0.3, -0.25) is 4.79 Å². The Kier molecular flexibility index (Phi) is 3.40. The van der Waals surface area contributed by atoms with Crippen LogP contribution in [0.3, 0.4) is 0 Å². The molecule has 0 radical (unpaired) electrons. The maximum absolute atomic E-state index is 11.7. The molecule has 0 aromatic carbocycles. The Hall–Kier alpha value is -0.570. The molecule has 0 aliphatic carbocycles. The first kappa shape index (κ1) is 9.97. The topological polar surface area (TPSA) is 38.3 Å². The zero-order chi connectivity index (χ0) is 9.80. The molecule has 80 valence electrons. The number of hydrogen-bond acceptors (Lipinski definition) is 3. The molecule has 3 heteroatoms. The van der Waals surface area contributed by atoms with Gasteiger partial charge in [0.25, 0.3) is 0 Å². The summed E-state index contributed by atoms with van der Waals surface area (Å²) in [5.74, 6) is 0.153. The highest BCUT2D eigenvalue weighted by atomic mass is 16.5. The lowest BCUT2D eigenvalue weighted by Gasteiger charge is -2.28. The van der Waals surface area contributed by atoms with Crippen LogP contribution in [0.4, 0.5) is 0 Å². The summed E-state index contributed by atoms with van der Waals surface area (Å²) < 4.78 is 5.19. The second-order valence-corrected chi connectivity index (χ2v) is 4.33. The molecule has 2 heterocycles. The van der Waals surface area contributed by atoms with Gasteiger partial charge in [0.1, 0.15) is 0 Å². The molecule has 2 fully saturated rings. The third-order valence-electron chi connectivity index (χ3n) is 3.29. The average Bonchev–Trinajstić information content (AvgIpc) is 2.44. The fourth-order valence-corrected chi connectivity index (χ4v) is 2.45. The van der Waals surface area contributed by atoms with Gasteiger partial charge in [-0.05, 0) is 38.6 Å². The average molecular weight is 197 g/mol. The Morgan fingerprint density at radius 1 is 1.14 bits per heavy atom. The van der Waals surface area contributed by atoms with Gasteiger partial charge in [0, 0.05) is 6.04 Å². The molecule has 2 aliphatic rings. The zero-order valence-electron chi connectivity index (χ0n) is 8.63. The fraction of sp³-hybridized carbons (Fsp3) is 0.909. The summed E-state index contributed by atoms with van der Waals surface area (Å²) >= 11 is 0. The largest absolute Gasteiger partial charge is 0.465 e. The monoisotopic (exact) mass is 197 g/mol. The van der Waals surface area contributed by atoms with Crippen molar-refractivity contribution >= 4 is 5.97 Å². The predicted octanol–water partition coefficient (Wildman–Crippen LogP) is 1.47. The van der Waals surface area contributed by atoms with Crippen molar-refractivity contribution in [2.24, 2.45) is 5.92 Å². The highest BCUT2D eigenvalue weighted by molar-refractivity contribution is 5.73. The Morgan fingerprint density at radius 2 is 2.00 bits per heavy atom. The minimum atomic E-state index is 0.0295. The Labute approximate surface area is 85.2 Å². The Morgan fingerprint density at radius 3 is 2.79 bits per heavy atom. The standard InChI is InChI=1S/C11H19NO2/c13-11-9(5-2-4-8-14-11)10-6-1-3-7-12-10/h9-10,12H,1-8H2. The smallest absolute Gasteiger partial charge is 0.310 e. The van der Waals surface area contributed by atoms with Crippen molar-refractivity contribution in [2.45, 2.75) is 44.6 Å². The normalized spacial score (nSPS) is 34.7. The van der Waals surface area contributed by atoms with Gasteiger partial charge in [0.05, 0.1) is 12.5 Å². The van der Waals surface area contributed by atoms with Crippen LogP contribution < -0.4 is 5.32 Å². The van der Waals surface area contributed by atoms with E-state index in [0.717, 1.165) is 32.2 Å². The molecule has 2 unspecified atom stereocenters. The molecule has 1 N–H and O–H groups in total. The minimum absolute atomic E-state index is 0.0295. The van der Waals surface area contributed by atoms with Crippen molar-refractivity contribution in [3.8, 4) is 0 Å². The molecule has 0 aromatic rings. The van der Waals surface area contributed by atoms with E-state index >= 15 is 0 Å². The second-order valence-electron chi connectivity index (χ2n) is 4.33. The van der Waals surface area contributed by atoms with Crippen LogP contribution >= 0.6 is 0 Å². The van der Waals surface area contributed by atoms with E-state index in [1.807, 2.05) is 0 Å². The first-order chi connectivity index (χ1) is 6.88. The quantitative estimate of drug-likeness (QED) is 0.647. The molecule has 3 nitrogen and oxygen atoms in total. The van der Waals surface area contributed by atoms with Crippen LogP contribution in [-0.2, 0) is 9.53 Å². The lowest BCUT2D eigenvalue weighted by atomic mass is 9.89. The Balaban J connectivity index is 1.95. The van der Waals surface area contributed by atoms with Crippen molar-refractivity contribution in [3.05, 3.63) is 0 Å². The molecule has 0 amide bonds. The third-order valence-corrected chi connectivity index (χ3v) is 3.29. The summed E-state index contributed by atoms with van der Waals surface area (Å²) in [4.78, 5) is 11.7. The second kappa shape index (κ2) is 4.78. The van der Waals surface area contributed by atoms with Gasteiger partial charge in [0.15, 0.2) is 0 Å². The number of nitrogens with one attached hydrogen (secondary N) is 1. The van der Waals surface area contributed by atoms with E-state index in [4.69, 9.17) is 4.74 Å². The number of hydrogen-bond donors (Lipinski definition) is 1. The maximum atomic E-state index is 11.7. The number of carbonyl (C=O) groups excluding carboxylic acids is 1. The summed E-state index contributed by atoms with van der Waals surface area (Å²) in [6.45, 7) is 1.69. The number of ether oxygens (including phenoxy) is 1. The molecule has 0 saturated carbocycles. The van der Waals surface area contributed by atoms with E-state index < -0.39 is 0 Å². The van der Waals surface area contributed by atoms with Crippen molar-refractivity contribution < 1.29 is 9.53 Å². The molecule has 0 bridgehead atoms. The molecule has 0 aromatic heterocycles. The highest BCUT2D eigenvalue weighted by Gasteiger charge is 2.31. The van der Waals surface area contributed by atoms with Crippen LogP contribution in [0.2, 0.25) is 0 Å². The molecule has 2 rings (SSSR count). The first-order valence-corrected chi connectivity index (χ1v) is 5.78. The van der Waals surface area contributed by atoms with E-state index in [1.54, 1.807) is 0 Å². The number of carbonyl (C=O) groups is 1. The lowest BCUT2D eigenvalue weighted by molar-refractivity contribution is -0.148. The van der Waals surface area contributed by atoms with Gasteiger partial charge >= 0.3 is 5.97 Å². The van der Waals surface area contributed by atoms with Crippen LogP contribution in [0.5, 0.6) is 0 Å². The SMILES string of the molecule is O=C1OCCCCC1C1CCCCN1. The molecule has 14 heavy (non-hydrogen) atoms. The molecular weight excluding hydrogens is 178 g/mol. The van der Waals surface area contributed by atoms with Gasteiger partial charge in [-0.2, -0.15) is 0 Å². The van der Waals surface area contributed by atoms with E-state index in [0.29, 0.717) is 12.6 Å². The van der Waals surface area contributed by atoms with E-state index in [-0.39, 0.29) is 11.9 Å². The van der Waals surface area contributed by atoms with Crippen LogP contribution in [0.25, 0.3) is 0 Å². The van der Waals surface area contributed by atoms with Crippen molar-refractivity contribution in [1.82, 2.24) is 5.32 Å². The third kappa shape index (κ3) is 2.27. The van der Waals surface area contributed by atoms with Crippen molar-refractivity contribution in [3.63, 3.8) is 0 Å². The van der Waals surface area contributed by atoms with Gasteiger partial charge in [0.2, 0.25) is 0 Å². The molecular formula is C11H19NO2. The molecule has 2 aliphatic heterocycles. The first-order valence-electron chi connectivity index (χ1n) is 5.78. The maximum Gasteiger partial charge on any atom is 0.310 e. The van der Waals surface area contributed by atoms with Crippen molar-refractivity contribution in [1.29, 1.82) is 0 Å². The number of piperidine rings is 1. The summed E-state index contributed by atoms with van der Waals surface area (Å²) in [6.07, 6.45) is 6.82. The Bertz CT molecular complexity index is 199. The highest BCUT2D eigenvalue weighted by Crippen LogP contribution is 2.23. The summed E-state index contributed by atoms with van der Waals surface area (Å²) in [5.41, 5.74) is 0. The summed E-state index contributed by atoms with van der Waals surface area (Å²) in [7, 11) is 0. The van der Waals surface area contributed by atoms with E-state index in [2.05, 4.69) is 5.32 Å². The fourth-order valence-electron chi connectivity index (χ4n) is 2.45. The van der Waals surface area contributed by atoms with Gasteiger partial charge in [-0.25, -0.2) is 0 Å². The van der Waals surface area contributed by atoms with Crippen LogP contribution in [0.15, 0.2) is 0 Å². The summed E-state index contributed by atoms with van der Waals surface area (Å²) in [5, 5.41) is 3.45.